The quantitative estimate of drug-likeness (QED) is 0.729. The standard InChI is InChI=1S/C18H15Cl2FN2O2S/c1-18(11-25-14-4-2-12(8-22)16(21)7-14)9-23(10-18)26(24)17-5-3-13(19)6-15(17)20/h2-7H,9-11H2,1H3. The number of halogens is 3. The number of rotatable bonds is 5. The van der Waals surface area contributed by atoms with Crippen LogP contribution in [0.25, 0.3) is 0 Å². The van der Waals surface area contributed by atoms with Crippen LogP contribution in [0.5, 0.6) is 5.75 Å². The average molecular weight is 413 g/mol. The molecule has 0 radical (unpaired) electrons. The van der Waals surface area contributed by atoms with E-state index in [2.05, 4.69) is 0 Å². The molecule has 3 rings (SSSR count). The molecule has 2 aromatic rings. The lowest BCUT2D eigenvalue weighted by molar-refractivity contribution is 0.0393. The Kier molecular flexibility index (Phi) is 5.54. The Bertz CT molecular complexity index is 911. The maximum absolute atomic E-state index is 13.6. The summed E-state index contributed by atoms with van der Waals surface area (Å²) in [5.41, 5.74) is -0.229. The van der Waals surface area contributed by atoms with Crippen LogP contribution in [0.3, 0.4) is 0 Å². The molecule has 136 valence electrons. The highest BCUT2D eigenvalue weighted by Crippen LogP contribution is 2.35. The number of nitrogens with zero attached hydrogens (tertiary/aromatic N) is 2. The fourth-order valence-corrected chi connectivity index (χ4v) is 4.86. The van der Waals surface area contributed by atoms with Crippen molar-refractivity contribution in [3.63, 3.8) is 0 Å². The van der Waals surface area contributed by atoms with Gasteiger partial charge in [0, 0.05) is 29.6 Å². The molecular formula is C18H15Cl2FN2O2S. The Morgan fingerprint density at radius 2 is 2.04 bits per heavy atom. The third kappa shape index (κ3) is 4.02. The first-order chi connectivity index (χ1) is 12.3. The van der Waals surface area contributed by atoms with E-state index < -0.39 is 16.8 Å². The van der Waals surface area contributed by atoms with Crippen LogP contribution in [0.1, 0.15) is 12.5 Å². The number of ether oxygens (including phenoxy) is 1. The van der Waals surface area contributed by atoms with Crippen molar-refractivity contribution in [3.8, 4) is 11.8 Å². The van der Waals surface area contributed by atoms with Gasteiger partial charge in [-0.1, -0.05) is 30.1 Å². The van der Waals surface area contributed by atoms with E-state index in [0.717, 1.165) is 0 Å². The molecule has 1 atom stereocenters. The lowest BCUT2D eigenvalue weighted by atomic mass is 9.85. The third-order valence-electron chi connectivity index (χ3n) is 4.08. The highest BCUT2D eigenvalue weighted by Gasteiger charge is 2.43. The van der Waals surface area contributed by atoms with E-state index in [1.807, 2.05) is 6.92 Å². The number of nitriles is 1. The van der Waals surface area contributed by atoms with Gasteiger partial charge in [0.25, 0.3) is 0 Å². The largest absolute Gasteiger partial charge is 0.493 e. The van der Waals surface area contributed by atoms with E-state index in [9.17, 15) is 8.60 Å². The molecule has 0 bridgehead atoms. The third-order valence-corrected chi connectivity index (χ3v) is 6.20. The van der Waals surface area contributed by atoms with Crippen molar-refractivity contribution in [3.05, 3.63) is 57.8 Å². The summed E-state index contributed by atoms with van der Waals surface area (Å²) < 4.78 is 33.7. The summed E-state index contributed by atoms with van der Waals surface area (Å²) in [7, 11) is -1.37. The van der Waals surface area contributed by atoms with Crippen molar-refractivity contribution < 1.29 is 13.3 Å². The van der Waals surface area contributed by atoms with E-state index in [1.165, 1.54) is 12.1 Å². The molecule has 0 saturated carbocycles. The van der Waals surface area contributed by atoms with Crippen molar-refractivity contribution in [2.45, 2.75) is 11.8 Å². The first-order valence-corrected chi connectivity index (χ1v) is 9.62. The summed E-state index contributed by atoms with van der Waals surface area (Å²) in [5.74, 6) is -0.244. The highest BCUT2D eigenvalue weighted by atomic mass is 35.5. The molecule has 0 N–H and O–H groups in total. The lowest BCUT2D eigenvalue weighted by Crippen LogP contribution is -2.57. The Morgan fingerprint density at radius 1 is 1.31 bits per heavy atom. The zero-order valence-corrected chi connectivity index (χ0v) is 16.2. The zero-order chi connectivity index (χ0) is 18.9. The summed E-state index contributed by atoms with van der Waals surface area (Å²) in [4.78, 5) is 0.521. The van der Waals surface area contributed by atoms with Gasteiger partial charge < -0.3 is 4.74 Å². The highest BCUT2D eigenvalue weighted by molar-refractivity contribution is 7.82. The van der Waals surface area contributed by atoms with E-state index >= 15 is 0 Å². The van der Waals surface area contributed by atoms with E-state index in [-0.39, 0.29) is 11.0 Å². The Labute approximate surface area is 163 Å². The predicted octanol–water partition coefficient (Wildman–Crippen LogP) is 4.43. The van der Waals surface area contributed by atoms with E-state index in [4.69, 9.17) is 33.2 Å². The lowest BCUT2D eigenvalue weighted by Gasteiger charge is -2.46. The van der Waals surface area contributed by atoms with Crippen molar-refractivity contribution in [1.82, 2.24) is 4.31 Å². The summed E-state index contributed by atoms with van der Waals surface area (Å²) >= 11 is 12.0. The maximum Gasteiger partial charge on any atom is 0.144 e. The van der Waals surface area contributed by atoms with Crippen LogP contribution >= 0.6 is 23.2 Å². The normalized spacial score (nSPS) is 17.2. The Morgan fingerprint density at radius 3 is 2.65 bits per heavy atom. The summed E-state index contributed by atoms with van der Waals surface area (Å²) in [6, 6.07) is 10.8. The SMILES string of the molecule is CC1(COc2ccc(C#N)c(F)c2)CN(S(=O)c2ccc(Cl)cc2Cl)C1. The minimum Gasteiger partial charge on any atom is -0.493 e. The zero-order valence-electron chi connectivity index (χ0n) is 13.8. The first kappa shape index (κ1) is 19.1. The predicted molar refractivity (Wildman–Crippen MR) is 99.2 cm³/mol. The molecule has 2 aromatic carbocycles. The van der Waals surface area contributed by atoms with Crippen LogP contribution in [0, 0.1) is 22.6 Å². The smallest absolute Gasteiger partial charge is 0.144 e. The molecule has 1 aliphatic heterocycles. The number of hydrogen-bond donors (Lipinski definition) is 0. The van der Waals surface area contributed by atoms with Crippen LogP contribution in [0.2, 0.25) is 10.0 Å². The second-order valence-corrected chi connectivity index (χ2v) is 8.77. The van der Waals surface area contributed by atoms with Crippen LogP contribution in [0.4, 0.5) is 4.39 Å². The van der Waals surface area contributed by atoms with Gasteiger partial charge >= 0.3 is 0 Å². The van der Waals surface area contributed by atoms with Gasteiger partial charge in [-0.05, 0) is 30.3 Å². The van der Waals surface area contributed by atoms with Crippen molar-refractivity contribution in [1.29, 1.82) is 5.26 Å². The Balaban J connectivity index is 1.58. The van der Waals surface area contributed by atoms with Gasteiger partial charge in [-0.25, -0.2) is 12.9 Å². The molecule has 8 heteroatoms. The molecule has 0 amide bonds. The monoisotopic (exact) mass is 412 g/mol. The molecule has 1 saturated heterocycles. The minimum atomic E-state index is -1.37. The fourth-order valence-electron chi connectivity index (χ4n) is 2.70. The average Bonchev–Trinajstić information content (AvgIpc) is 2.57. The molecule has 4 nitrogen and oxygen atoms in total. The molecule has 0 spiro atoms. The van der Waals surface area contributed by atoms with Gasteiger partial charge in [-0.15, -0.1) is 0 Å². The second-order valence-electron chi connectivity index (χ2n) is 6.47. The fraction of sp³-hybridized carbons (Fsp3) is 0.278. The van der Waals surface area contributed by atoms with Gasteiger partial charge in [-0.2, -0.15) is 5.26 Å². The second kappa shape index (κ2) is 7.53. The Hall–Kier alpha value is -1.65. The summed E-state index contributed by atoms with van der Waals surface area (Å²) in [6.07, 6.45) is 0. The molecule has 1 fully saturated rings. The van der Waals surface area contributed by atoms with E-state index in [0.29, 0.717) is 40.4 Å². The van der Waals surface area contributed by atoms with Crippen LogP contribution in [-0.4, -0.2) is 28.2 Å². The van der Waals surface area contributed by atoms with Crippen molar-refractivity contribution in [2.75, 3.05) is 19.7 Å². The number of hydrogen-bond acceptors (Lipinski definition) is 3. The molecule has 1 heterocycles. The van der Waals surface area contributed by atoms with Crippen molar-refractivity contribution in [2.24, 2.45) is 5.41 Å². The molecule has 0 aliphatic carbocycles. The molecular weight excluding hydrogens is 398 g/mol. The van der Waals surface area contributed by atoms with E-state index in [1.54, 1.807) is 34.6 Å². The molecule has 0 aromatic heterocycles. The van der Waals surface area contributed by atoms with Crippen LogP contribution in [-0.2, 0) is 11.0 Å². The minimum absolute atomic E-state index is 0.0198. The topological polar surface area (TPSA) is 53.3 Å². The van der Waals surface area contributed by atoms with Crippen LogP contribution < -0.4 is 4.74 Å². The summed E-state index contributed by atoms with van der Waals surface area (Å²) in [6.45, 7) is 3.46. The van der Waals surface area contributed by atoms with Gasteiger partial charge in [-0.3, -0.25) is 0 Å². The number of benzene rings is 2. The molecule has 1 unspecified atom stereocenters. The van der Waals surface area contributed by atoms with Gasteiger partial charge in [0.2, 0.25) is 0 Å². The van der Waals surface area contributed by atoms with Gasteiger partial charge in [0.15, 0.2) is 0 Å². The maximum atomic E-state index is 13.6. The summed E-state index contributed by atoms with van der Waals surface area (Å²) in [5, 5.41) is 9.61. The molecule has 1 aliphatic rings. The van der Waals surface area contributed by atoms with Gasteiger partial charge in [0.05, 0.1) is 22.1 Å². The first-order valence-electron chi connectivity index (χ1n) is 7.76. The van der Waals surface area contributed by atoms with Crippen molar-refractivity contribution >= 4 is 34.2 Å². The van der Waals surface area contributed by atoms with Gasteiger partial charge in [0.1, 0.15) is 28.6 Å². The van der Waals surface area contributed by atoms with Crippen LogP contribution in [0.15, 0.2) is 41.3 Å². The molecule has 26 heavy (non-hydrogen) atoms.